The number of alkyl halides is 3. The maximum atomic E-state index is 11.8. The molecule has 0 radical (unpaired) electrons. The van der Waals surface area contributed by atoms with Gasteiger partial charge in [0.25, 0.3) is 0 Å². The van der Waals surface area contributed by atoms with Crippen molar-refractivity contribution < 1.29 is 9.90 Å². The Hall–Kier alpha value is -1.34. The Morgan fingerprint density at radius 2 is 1.63 bits per heavy atom. The first-order chi connectivity index (χ1) is 12.3. The van der Waals surface area contributed by atoms with Crippen molar-refractivity contribution in [2.75, 3.05) is 11.9 Å². The highest BCUT2D eigenvalue weighted by atomic mass is 35.6. The van der Waals surface area contributed by atoms with Crippen molar-refractivity contribution >= 4 is 58.3 Å². The SMILES string of the molecule is CN(c1nc(-c2ccc(Cl)cc2)nc(C(Cl)(Cl)Cl)n1)C(C(=O)O)C(C)(C)C. The summed E-state index contributed by atoms with van der Waals surface area (Å²) in [4.78, 5) is 26.0. The van der Waals surface area contributed by atoms with Crippen molar-refractivity contribution in [3.05, 3.63) is 35.1 Å². The predicted octanol–water partition coefficient (Wildman–Crippen LogP) is 4.95. The molecule has 27 heavy (non-hydrogen) atoms. The number of likely N-dealkylation sites (N-methyl/N-ethyl adjacent to an activating group) is 1. The lowest BCUT2D eigenvalue weighted by atomic mass is 9.86. The molecule has 1 unspecified atom stereocenters. The molecule has 2 aromatic rings. The summed E-state index contributed by atoms with van der Waals surface area (Å²) in [6, 6.07) is 5.85. The molecule has 0 saturated carbocycles. The minimum absolute atomic E-state index is 0.0820. The van der Waals surface area contributed by atoms with E-state index < -0.39 is 21.2 Å². The lowest BCUT2D eigenvalue weighted by Crippen LogP contribution is -2.48. The number of hydrogen-bond acceptors (Lipinski definition) is 5. The first kappa shape index (κ1) is 22.0. The monoisotopic (exact) mass is 450 g/mol. The van der Waals surface area contributed by atoms with Gasteiger partial charge in [0, 0.05) is 17.6 Å². The highest BCUT2D eigenvalue weighted by molar-refractivity contribution is 6.66. The van der Waals surface area contributed by atoms with Crippen LogP contribution in [0.4, 0.5) is 5.95 Å². The van der Waals surface area contributed by atoms with Crippen LogP contribution in [-0.4, -0.2) is 39.1 Å². The topological polar surface area (TPSA) is 79.2 Å². The predicted molar refractivity (Wildman–Crippen MR) is 109 cm³/mol. The van der Waals surface area contributed by atoms with Crippen molar-refractivity contribution in [2.24, 2.45) is 5.41 Å². The number of benzene rings is 1. The number of carboxylic acid groups (broad SMARTS) is 1. The number of carboxylic acids is 1. The van der Waals surface area contributed by atoms with Crippen LogP contribution in [0.15, 0.2) is 24.3 Å². The average molecular weight is 452 g/mol. The summed E-state index contributed by atoms with van der Waals surface area (Å²) >= 11 is 23.8. The van der Waals surface area contributed by atoms with Crippen molar-refractivity contribution in [3.63, 3.8) is 0 Å². The van der Waals surface area contributed by atoms with Gasteiger partial charge in [0.1, 0.15) is 6.04 Å². The molecule has 0 aliphatic rings. The molecule has 0 aliphatic heterocycles. The molecule has 10 heteroatoms. The number of rotatable bonds is 4. The smallest absolute Gasteiger partial charge is 0.326 e. The van der Waals surface area contributed by atoms with Gasteiger partial charge in [-0.05, 0) is 29.7 Å². The number of aromatic nitrogens is 3. The van der Waals surface area contributed by atoms with Gasteiger partial charge < -0.3 is 10.0 Å². The third-order valence-electron chi connectivity index (χ3n) is 3.74. The van der Waals surface area contributed by atoms with E-state index in [-0.39, 0.29) is 17.6 Å². The molecule has 0 bridgehead atoms. The quantitative estimate of drug-likeness (QED) is 0.662. The summed E-state index contributed by atoms with van der Waals surface area (Å²) in [6.07, 6.45) is 0. The largest absolute Gasteiger partial charge is 0.480 e. The van der Waals surface area contributed by atoms with E-state index >= 15 is 0 Å². The summed E-state index contributed by atoms with van der Waals surface area (Å²) in [6.45, 7) is 5.41. The van der Waals surface area contributed by atoms with Crippen LogP contribution < -0.4 is 4.90 Å². The molecule has 0 amide bonds. The third kappa shape index (κ3) is 5.35. The fraction of sp³-hybridized carbons (Fsp3) is 0.412. The van der Waals surface area contributed by atoms with Crippen LogP contribution >= 0.6 is 46.4 Å². The van der Waals surface area contributed by atoms with Gasteiger partial charge in [0.15, 0.2) is 11.6 Å². The molecule has 0 saturated heterocycles. The van der Waals surface area contributed by atoms with Crippen molar-refractivity contribution in [1.29, 1.82) is 0 Å². The highest BCUT2D eigenvalue weighted by Crippen LogP contribution is 2.37. The zero-order chi connectivity index (χ0) is 20.6. The Labute approximate surface area is 177 Å². The molecule has 146 valence electrons. The summed E-state index contributed by atoms with van der Waals surface area (Å²) in [5.41, 5.74) is 0.0166. The Morgan fingerprint density at radius 3 is 2.07 bits per heavy atom. The fourth-order valence-electron chi connectivity index (χ4n) is 2.61. The van der Waals surface area contributed by atoms with Gasteiger partial charge in [-0.1, -0.05) is 67.2 Å². The van der Waals surface area contributed by atoms with E-state index in [0.717, 1.165) is 0 Å². The maximum absolute atomic E-state index is 11.8. The molecule has 1 aromatic carbocycles. The Bertz CT molecular complexity index is 832. The lowest BCUT2D eigenvalue weighted by Gasteiger charge is -2.34. The van der Waals surface area contributed by atoms with Gasteiger partial charge in [0.05, 0.1) is 0 Å². The zero-order valence-electron chi connectivity index (χ0n) is 15.0. The average Bonchev–Trinajstić information content (AvgIpc) is 2.52. The van der Waals surface area contributed by atoms with Crippen LogP contribution in [0.3, 0.4) is 0 Å². The second kappa shape index (κ2) is 7.95. The summed E-state index contributed by atoms with van der Waals surface area (Å²) in [7, 11) is 1.58. The molecule has 2 rings (SSSR count). The van der Waals surface area contributed by atoms with Crippen LogP contribution in [0.2, 0.25) is 5.02 Å². The molecule has 1 N–H and O–H groups in total. The van der Waals surface area contributed by atoms with Crippen molar-refractivity contribution in [3.8, 4) is 11.4 Å². The van der Waals surface area contributed by atoms with Crippen molar-refractivity contribution in [2.45, 2.75) is 30.6 Å². The normalized spacial score (nSPS) is 13.3. The van der Waals surface area contributed by atoms with E-state index in [1.165, 1.54) is 4.90 Å². The van der Waals surface area contributed by atoms with Gasteiger partial charge in [-0.3, -0.25) is 0 Å². The number of halogens is 4. The van der Waals surface area contributed by atoms with Gasteiger partial charge >= 0.3 is 5.97 Å². The second-order valence-electron chi connectivity index (χ2n) is 7.00. The second-order valence-corrected chi connectivity index (χ2v) is 9.72. The van der Waals surface area contributed by atoms with Crippen LogP contribution in [-0.2, 0) is 8.59 Å². The molecule has 0 aliphatic carbocycles. The summed E-state index contributed by atoms with van der Waals surface area (Å²) < 4.78 is -1.90. The van der Waals surface area contributed by atoms with E-state index in [1.54, 1.807) is 52.1 Å². The minimum atomic E-state index is -1.90. The minimum Gasteiger partial charge on any atom is -0.480 e. The van der Waals surface area contributed by atoms with Gasteiger partial charge in [0.2, 0.25) is 9.74 Å². The Morgan fingerprint density at radius 1 is 1.07 bits per heavy atom. The van der Waals surface area contributed by atoms with Gasteiger partial charge in [-0.15, -0.1) is 0 Å². The van der Waals surface area contributed by atoms with Gasteiger partial charge in [-0.25, -0.2) is 9.78 Å². The number of aliphatic carboxylic acids is 1. The summed E-state index contributed by atoms with van der Waals surface area (Å²) in [5, 5.41) is 10.2. The van der Waals surface area contributed by atoms with Crippen LogP contribution in [0.1, 0.15) is 26.6 Å². The number of carbonyl (C=O) groups is 1. The molecular weight excluding hydrogens is 434 g/mol. The van der Waals surface area contributed by atoms with Crippen LogP contribution in [0, 0.1) is 5.41 Å². The van der Waals surface area contributed by atoms with E-state index in [4.69, 9.17) is 46.4 Å². The van der Waals surface area contributed by atoms with E-state index in [0.29, 0.717) is 10.6 Å². The molecule has 0 fully saturated rings. The fourth-order valence-corrected chi connectivity index (χ4v) is 2.99. The van der Waals surface area contributed by atoms with Crippen LogP contribution in [0.25, 0.3) is 11.4 Å². The molecule has 6 nitrogen and oxygen atoms in total. The first-order valence-electron chi connectivity index (χ1n) is 7.85. The van der Waals surface area contributed by atoms with E-state index in [9.17, 15) is 9.90 Å². The number of nitrogens with zero attached hydrogens (tertiary/aromatic N) is 4. The highest BCUT2D eigenvalue weighted by Gasteiger charge is 2.37. The van der Waals surface area contributed by atoms with Crippen LogP contribution in [0.5, 0.6) is 0 Å². The molecular formula is C17H18Cl4N4O2. The van der Waals surface area contributed by atoms with E-state index in [2.05, 4.69) is 15.0 Å². The molecule has 0 spiro atoms. The first-order valence-corrected chi connectivity index (χ1v) is 9.36. The Balaban J connectivity index is 2.63. The standard InChI is InChI=1S/C17H18Cl4N4O2/c1-16(2,3)11(13(26)27)25(4)15-23-12(9-5-7-10(18)8-6-9)22-14(24-15)17(19,20)21/h5-8,11H,1-4H3,(H,26,27). The lowest BCUT2D eigenvalue weighted by molar-refractivity contribution is -0.141. The molecule has 1 heterocycles. The Kier molecular flexibility index (Phi) is 6.47. The number of anilines is 1. The molecule has 1 atom stereocenters. The van der Waals surface area contributed by atoms with E-state index in [1.807, 2.05) is 0 Å². The zero-order valence-corrected chi connectivity index (χ0v) is 18.1. The number of hydrogen-bond donors (Lipinski definition) is 1. The third-order valence-corrected chi connectivity index (χ3v) is 4.50. The van der Waals surface area contributed by atoms with Gasteiger partial charge in [-0.2, -0.15) is 9.97 Å². The maximum Gasteiger partial charge on any atom is 0.326 e. The molecule has 1 aromatic heterocycles. The summed E-state index contributed by atoms with van der Waals surface area (Å²) in [5.74, 6) is -0.803. The van der Waals surface area contributed by atoms with Crippen molar-refractivity contribution in [1.82, 2.24) is 15.0 Å².